The minimum Gasteiger partial charge on any atom is -0.465 e. The number of aryl methyl sites for hydroxylation is 1. The molecule has 0 amide bonds. The summed E-state index contributed by atoms with van der Waals surface area (Å²) in [5.74, 6) is 6.24. The monoisotopic (exact) mass is 344 g/mol. The number of methoxy groups -OCH3 is 1. The van der Waals surface area contributed by atoms with Crippen molar-refractivity contribution >= 4 is 11.8 Å². The maximum atomic E-state index is 11.6. The van der Waals surface area contributed by atoms with Crippen molar-refractivity contribution in [1.29, 1.82) is 0 Å². The Morgan fingerprint density at radius 2 is 1.81 bits per heavy atom. The molecule has 0 atom stereocenters. The number of rotatable bonds is 2. The Labute approximate surface area is 151 Å². The summed E-state index contributed by atoms with van der Waals surface area (Å²) < 4.78 is 4.72. The van der Waals surface area contributed by atoms with Crippen LogP contribution in [-0.4, -0.2) is 28.0 Å². The van der Waals surface area contributed by atoms with E-state index >= 15 is 0 Å². The second-order valence-corrected chi connectivity index (χ2v) is 5.47. The van der Waals surface area contributed by atoms with Gasteiger partial charge in [0.1, 0.15) is 12.1 Å². The van der Waals surface area contributed by atoms with Crippen LogP contribution in [0.4, 0.5) is 5.82 Å². The van der Waals surface area contributed by atoms with Crippen LogP contribution in [0.25, 0.3) is 11.3 Å². The summed E-state index contributed by atoms with van der Waals surface area (Å²) in [5, 5.41) is 0. The fourth-order valence-corrected chi connectivity index (χ4v) is 2.34. The summed E-state index contributed by atoms with van der Waals surface area (Å²) in [7, 11) is 1.35. The molecule has 6 nitrogen and oxygen atoms in total. The lowest BCUT2D eigenvalue weighted by molar-refractivity contribution is 0.0601. The minimum absolute atomic E-state index is 0.383. The van der Waals surface area contributed by atoms with Gasteiger partial charge in [-0.05, 0) is 31.2 Å². The van der Waals surface area contributed by atoms with Gasteiger partial charge in [-0.2, -0.15) is 0 Å². The Morgan fingerprint density at radius 1 is 1.04 bits per heavy atom. The lowest BCUT2D eigenvalue weighted by Gasteiger charge is -2.07. The quantitative estimate of drug-likeness (QED) is 0.568. The summed E-state index contributed by atoms with van der Waals surface area (Å²) >= 11 is 0. The fourth-order valence-electron chi connectivity index (χ4n) is 2.34. The molecule has 1 aromatic carbocycles. The molecule has 26 heavy (non-hydrogen) atoms. The number of benzene rings is 1. The van der Waals surface area contributed by atoms with Gasteiger partial charge in [0.25, 0.3) is 0 Å². The molecular formula is C20H16N4O2. The number of esters is 1. The van der Waals surface area contributed by atoms with Crippen LogP contribution in [0.2, 0.25) is 0 Å². The number of ether oxygens (including phenoxy) is 1. The third kappa shape index (κ3) is 3.68. The number of nitrogen functional groups attached to an aromatic ring is 1. The zero-order valence-electron chi connectivity index (χ0n) is 14.4. The molecule has 2 aromatic heterocycles. The molecular weight excluding hydrogens is 328 g/mol. The number of aromatic nitrogens is 3. The second kappa shape index (κ2) is 7.45. The van der Waals surface area contributed by atoms with E-state index in [-0.39, 0.29) is 5.97 Å². The molecule has 128 valence electrons. The van der Waals surface area contributed by atoms with Crippen molar-refractivity contribution < 1.29 is 9.53 Å². The van der Waals surface area contributed by atoms with Gasteiger partial charge in [-0.3, -0.25) is 0 Å². The maximum absolute atomic E-state index is 11.6. The largest absolute Gasteiger partial charge is 0.465 e. The van der Waals surface area contributed by atoms with Crippen LogP contribution >= 0.6 is 0 Å². The van der Waals surface area contributed by atoms with Crippen LogP contribution in [0.1, 0.15) is 27.2 Å². The van der Waals surface area contributed by atoms with Crippen molar-refractivity contribution in [3.63, 3.8) is 0 Å². The van der Waals surface area contributed by atoms with E-state index in [0.717, 1.165) is 22.4 Å². The van der Waals surface area contributed by atoms with E-state index in [1.807, 2.05) is 19.1 Å². The molecule has 0 radical (unpaired) electrons. The first kappa shape index (κ1) is 17.1. The molecule has 0 bridgehead atoms. The van der Waals surface area contributed by atoms with Crippen LogP contribution in [0.5, 0.6) is 0 Å². The summed E-state index contributed by atoms with van der Waals surface area (Å²) in [6.45, 7) is 1.87. The van der Waals surface area contributed by atoms with E-state index in [1.165, 1.54) is 13.4 Å². The summed E-state index contributed by atoms with van der Waals surface area (Å²) in [6.07, 6.45) is 3.11. The van der Waals surface area contributed by atoms with E-state index in [4.69, 9.17) is 10.5 Å². The van der Waals surface area contributed by atoms with Crippen molar-refractivity contribution in [3.05, 3.63) is 71.3 Å². The maximum Gasteiger partial charge on any atom is 0.337 e. The first-order valence-corrected chi connectivity index (χ1v) is 7.82. The van der Waals surface area contributed by atoms with Gasteiger partial charge in [0.05, 0.1) is 29.6 Å². The Hall–Kier alpha value is -3.72. The van der Waals surface area contributed by atoms with Gasteiger partial charge in [-0.25, -0.2) is 19.7 Å². The van der Waals surface area contributed by atoms with Gasteiger partial charge in [0.15, 0.2) is 0 Å². The van der Waals surface area contributed by atoms with Crippen LogP contribution in [0.15, 0.2) is 48.9 Å². The lowest BCUT2D eigenvalue weighted by atomic mass is 10.0. The standard InChI is InChI=1S/C20H16N4O2/c1-13-17(9-3-14-4-10-18(21)22-11-14)19(24-12-23-13)15-5-7-16(8-6-15)20(25)26-2/h4-8,10-12H,1-2H3,(H2,21,22). The highest BCUT2D eigenvalue weighted by atomic mass is 16.5. The summed E-state index contributed by atoms with van der Waals surface area (Å²) in [6, 6.07) is 10.5. The van der Waals surface area contributed by atoms with Crippen LogP contribution in [0, 0.1) is 18.8 Å². The minimum atomic E-state index is -0.383. The normalized spacial score (nSPS) is 9.92. The Balaban J connectivity index is 2.00. The molecule has 6 heteroatoms. The number of hydrogen-bond acceptors (Lipinski definition) is 6. The van der Waals surface area contributed by atoms with E-state index in [2.05, 4.69) is 26.8 Å². The molecule has 0 aliphatic carbocycles. The highest BCUT2D eigenvalue weighted by molar-refractivity contribution is 5.90. The molecule has 3 aromatic rings. The molecule has 2 N–H and O–H groups in total. The summed E-state index contributed by atoms with van der Waals surface area (Å²) in [4.78, 5) is 24.2. The van der Waals surface area contributed by atoms with E-state index < -0.39 is 0 Å². The SMILES string of the molecule is COC(=O)c1ccc(-c2ncnc(C)c2C#Cc2ccc(N)nc2)cc1. The van der Waals surface area contributed by atoms with Crippen molar-refractivity contribution in [1.82, 2.24) is 15.0 Å². The number of hydrogen-bond donors (Lipinski definition) is 1. The Bertz CT molecular complexity index is 1000. The predicted molar refractivity (Wildman–Crippen MR) is 98.2 cm³/mol. The van der Waals surface area contributed by atoms with Crippen molar-refractivity contribution in [2.45, 2.75) is 6.92 Å². The predicted octanol–water partition coefficient (Wildman–Crippen LogP) is 2.62. The summed E-state index contributed by atoms with van der Waals surface area (Å²) in [5.41, 5.74) is 9.83. The van der Waals surface area contributed by atoms with Crippen molar-refractivity contribution in [2.24, 2.45) is 0 Å². The van der Waals surface area contributed by atoms with E-state index in [1.54, 1.807) is 30.5 Å². The fraction of sp³-hybridized carbons (Fsp3) is 0.100. The number of pyridine rings is 1. The van der Waals surface area contributed by atoms with Crippen molar-refractivity contribution in [2.75, 3.05) is 12.8 Å². The van der Waals surface area contributed by atoms with Crippen LogP contribution in [0.3, 0.4) is 0 Å². The van der Waals surface area contributed by atoms with Crippen molar-refractivity contribution in [3.8, 4) is 23.1 Å². The zero-order valence-corrected chi connectivity index (χ0v) is 14.4. The number of nitrogens with two attached hydrogens (primary N) is 1. The Morgan fingerprint density at radius 3 is 2.46 bits per heavy atom. The van der Waals surface area contributed by atoms with Gasteiger partial charge in [0, 0.05) is 17.3 Å². The molecule has 0 spiro atoms. The van der Waals surface area contributed by atoms with Gasteiger partial charge in [0.2, 0.25) is 0 Å². The van der Waals surface area contributed by atoms with Gasteiger partial charge in [-0.1, -0.05) is 24.0 Å². The van der Waals surface area contributed by atoms with Gasteiger partial charge < -0.3 is 10.5 Å². The lowest BCUT2D eigenvalue weighted by Crippen LogP contribution is -2.01. The highest BCUT2D eigenvalue weighted by Gasteiger charge is 2.10. The molecule has 0 saturated heterocycles. The number of carbonyl (C=O) groups excluding carboxylic acids is 1. The Kier molecular flexibility index (Phi) is 4.90. The molecule has 0 unspecified atom stereocenters. The molecule has 0 fully saturated rings. The first-order valence-electron chi connectivity index (χ1n) is 7.82. The topological polar surface area (TPSA) is 91.0 Å². The molecule has 3 rings (SSSR count). The van der Waals surface area contributed by atoms with E-state index in [0.29, 0.717) is 17.1 Å². The van der Waals surface area contributed by atoms with Gasteiger partial charge >= 0.3 is 5.97 Å². The third-order valence-electron chi connectivity index (χ3n) is 3.73. The van der Waals surface area contributed by atoms with E-state index in [9.17, 15) is 4.79 Å². The number of nitrogens with zero attached hydrogens (tertiary/aromatic N) is 3. The number of anilines is 1. The third-order valence-corrected chi connectivity index (χ3v) is 3.73. The van der Waals surface area contributed by atoms with Crippen LogP contribution < -0.4 is 5.73 Å². The number of carbonyl (C=O) groups is 1. The molecule has 0 saturated carbocycles. The zero-order chi connectivity index (χ0) is 18.5. The average Bonchev–Trinajstić information content (AvgIpc) is 2.67. The molecule has 0 aliphatic rings. The van der Waals surface area contributed by atoms with Gasteiger partial charge in [-0.15, -0.1) is 0 Å². The average molecular weight is 344 g/mol. The highest BCUT2D eigenvalue weighted by Crippen LogP contribution is 2.23. The smallest absolute Gasteiger partial charge is 0.337 e. The molecule has 2 heterocycles. The molecule has 0 aliphatic heterocycles. The second-order valence-electron chi connectivity index (χ2n) is 5.47. The first-order chi connectivity index (χ1) is 12.6. The van der Waals surface area contributed by atoms with Crippen LogP contribution in [-0.2, 0) is 4.74 Å².